The summed E-state index contributed by atoms with van der Waals surface area (Å²) in [6, 6.07) is 17.5. The van der Waals surface area contributed by atoms with Gasteiger partial charge in [-0.05, 0) is 35.9 Å². The van der Waals surface area contributed by atoms with Gasteiger partial charge in [0.15, 0.2) is 0 Å². The maximum atomic E-state index is 8.61. The van der Waals surface area contributed by atoms with E-state index in [-0.39, 0.29) is 0 Å². The topological polar surface area (TPSA) is 51.4 Å². The van der Waals surface area contributed by atoms with Gasteiger partial charge in [-0.2, -0.15) is 10.4 Å². The molecular formula is C17H17ClN4. The Balaban J connectivity index is 1.93. The first-order valence-corrected chi connectivity index (χ1v) is 7.29. The number of nitrogens with zero attached hydrogens (tertiary/aromatic N) is 3. The molecule has 2 aromatic rings. The largest absolute Gasteiger partial charge is 0.374 e. The molecule has 0 amide bonds. The van der Waals surface area contributed by atoms with Crippen LogP contribution in [0.15, 0.2) is 53.6 Å². The van der Waals surface area contributed by atoms with E-state index in [1.54, 1.807) is 6.21 Å². The van der Waals surface area contributed by atoms with Crippen molar-refractivity contribution >= 4 is 29.2 Å². The summed E-state index contributed by atoms with van der Waals surface area (Å²) in [6.07, 6.45) is 2.27. The highest BCUT2D eigenvalue weighted by Gasteiger charge is 1.99. The molecule has 0 saturated heterocycles. The number of nitrogens with one attached hydrogen (secondary N) is 1. The number of hydrogen-bond acceptors (Lipinski definition) is 4. The number of nitriles is 1. The van der Waals surface area contributed by atoms with Gasteiger partial charge < -0.3 is 4.90 Å². The molecule has 0 heterocycles. The highest BCUT2D eigenvalue weighted by Crippen LogP contribution is 2.15. The minimum Gasteiger partial charge on any atom is -0.374 e. The van der Waals surface area contributed by atoms with Gasteiger partial charge in [-0.15, -0.1) is 0 Å². The van der Waals surface area contributed by atoms with Crippen LogP contribution in [0.2, 0.25) is 5.02 Å². The highest BCUT2D eigenvalue weighted by molar-refractivity contribution is 6.30. The third-order valence-electron chi connectivity index (χ3n) is 3.12. The lowest BCUT2D eigenvalue weighted by Gasteiger charge is -2.17. The molecule has 2 rings (SSSR count). The Morgan fingerprint density at radius 1 is 1.27 bits per heavy atom. The van der Waals surface area contributed by atoms with Crippen LogP contribution >= 0.6 is 11.6 Å². The molecule has 0 saturated carbocycles. The van der Waals surface area contributed by atoms with Crippen LogP contribution in [0.4, 0.5) is 11.4 Å². The molecule has 22 heavy (non-hydrogen) atoms. The highest BCUT2D eigenvalue weighted by atomic mass is 35.5. The van der Waals surface area contributed by atoms with E-state index in [0.29, 0.717) is 11.4 Å². The van der Waals surface area contributed by atoms with Crippen LogP contribution in [-0.2, 0) is 0 Å². The average molecular weight is 313 g/mol. The van der Waals surface area contributed by atoms with Gasteiger partial charge >= 0.3 is 0 Å². The Bertz CT molecular complexity index is 674. The van der Waals surface area contributed by atoms with Crippen molar-refractivity contribution in [3.8, 4) is 6.07 Å². The Morgan fingerprint density at radius 2 is 2.05 bits per heavy atom. The molecule has 2 aromatic carbocycles. The smallest absolute Gasteiger partial charge is 0.0640 e. The van der Waals surface area contributed by atoms with Gasteiger partial charge in [0.25, 0.3) is 0 Å². The molecule has 1 N–H and O–H groups in total. The molecule has 0 bridgehead atoms. The van der Waals surface area contributed by atoms with Crippen molar-refractivity contribution in [1.82, 2.24) is 0 Å². The molecule has 4 nitrogen and oxygen atoms in total. The monoisotopic (exact) mass is 312 g/mol. The molecule has 0 aliphatic rings. The number of rotatable bonds is 6. The van der Waals surface area contributed by atoms with Crippen LogP contribution in [0.3, 0.4) is 0 Å². The molecular weight excluding hydrogens is 296 g/mol. The second-order valence-electron chi connectivity index (χ2n) is 4.80. The summed E-state index contributed by atoms with van der Waals surface area (Å²) in [5.74, 6) is 0. The predicted molar refractivity (Wildman–Crippen MR) is 92.6 cm³/mol. The van der Waals surface area contributed by atoms with Crippen molar-refractivity contribution in [1.29, 1.82) is 5.26 Å². The molecule has 0 atom stereocenters. The summed E-state index contributed by atoms with van der Waals surface area (Å²) in [5, 5.41) is 13.5. The van der Waals surface area contributed by atoms with Crippen LogP contribution < -0.4 is 10.3 Å². The van der Waals surface area contributed by atoms with Crippen LogP contribution in [0.1, 0.15) is 12.0 Å². The van der Waals surface area contributed by atoms with Gasteiger partial charge in [-0.1, -0.05) is 29.8 Å². The van der Waals surface area contributed by atoms with E-state index in [1.165, 1.54) is 0 Å². The van der Waals surface area contributed by atoms with Gasteiger partial charge in [0, 0.05) is 24.3 Å². The minimum absolute atomic E-state index is 0.517. The summed E-state index contributed by atoms with van der Waals surface area (Å²) in [4.78, 5) is 2.05. The molecule has 0 spiro atoms. The van der Waals surface area contributed by atoms with Crippen LogP contribution in [-0.4, -0.2) is 19.8 Å². The van der Waals surface area contributed by atoms with E-state index in [4.69, 9.17) is 16.9 Å². The Labute approximate surface area is 135 Å². The van der Waals surface area contributed by atoms with E-state index in [9.17, 15) is 0 Å². The molecule has 112 valence electrons. The summed E-state index contributed by atoms with van der Waals surface area (Å²) < 4.78 is 0. The molecule has 0 aliphatic heterocycles. The zero-order chi connectivity index (χ0) is 15.8. The SMILES string of the molecule is CN(CCC#N)c1ccc(/C=N\Nc2cccc(Cl)c2)cc1. The third kappa shape index (κ3) is 4.80. The fourth-order valence-corrected chi connectivity index (χ4v) is 2.09. The van der Waals surface area contributed by atoms with Crippen LogP contribution in [0.25, 0.3) is 0 Å². The number of anilines is 2. The zero-order valence-electron chi connectivity index (χ0n) is 12.3. The van der Waals surface area contributed by atoms with Crippen molar-refractivity contribution in [2.75, 3.05) is 23.9 Å². The van der Waals surface area contributed by atoms with Gasteiger partial charge in [0.05, 0.1) is 24.4 Å². The predicted octanol–water partition coefficient (Wildman–Crippen LogP) is 4.14. The Hall–Kier alpha value is -2.51. The second kappa shape index (κ2) is 8.06. The minimum atomic E-state index is 0.517. The Kier molecular flexibility index (Phi) is 5.81. The average Bonchev–Trinajstić information content (AvgIpc) is 2.53. The van der Waals surface area contributed by atoms with Crippen molar-refractivity contribution in [2.45, 2.75) is 6.42 Å². The van der Waals surface area contributed by atoms with Crippen molar-refractivity contribution < 1.29 is 0 Å². The van der Waals surface area contributed by atoms with E-state index < -0.39 is 0 Å². The van der Waals surface area contributed by atoms with Gasteiger partial charge in [-0.25, -0.2) is 0 Å². The lowest BCUT2D eigenvalue weighted by Crippen LogP contribution is -2.17. The molecule has 0 radical (unpaired) electrons. The van der Waals surface area contributed by atoms with Gasteiger partial charge in [0.2, 0.25) is 0 Å². The third-order valence-corrected chi connectivity index (χ3v) is 3.36. The van der Waals surface area contributed by atoms with Crippen LogP contribution in [0.5, 0.6) is 0 Å². The number of halogens is 1. The number of benzene rings is 2. The standard InChI is InChI=1S/C17H17ClN4/c1-22(11-3-10-19)17-8-6-14(7-9-17)13-20-21-16-5-2-4-15(18)12-16/h2,4-9,12-13,21H,3,11H2,1H3/b20-13-. The summed E-state index contributed by atoms with van der Waals surface area (Å²) >= 11 is 5.91. The van der Waals surface area contributed by atoms with Crippen molar-refractivity contribution in [3.05, 3.63) is 59.1 Å². The van der Waals surface area contributed by atoms with Crippen molar-refractivity contribution in [2.24, 2.45) is 5.10 Å². The summed E-state index contributed by atoms with van der Waals surface area (Å²) in [7, 11) is 1.97. The number of hydrazone groups is 1. The lowest BCUT2D eigenvalue weighted by molar-refractivity contribution is 0.905. The van der Waals surface area contributed by atoms with Gasteiger partial charge in [0.1, 0.15) is 0 Å². The van der Waals surface area contributed by atoms with E-state index in [2.05, 4.69) is 16.6 Å². The fourth-order valence-electron chi connectivity index (χ4n) is 1.90. The first kappa shape index (κ1) is 15.9. The summed E-state index contributed by atoms with van der Waals surface area (Å²) in [5.41, 5.74) is 5.85. The van der Waals surface area contributed by atoms with Gasteiger partial charge in [-0.3, -0.25) is 5.43 Å². The quantitative estimate of drug-likeness (QED) is 0.644. The fraction of sp³-hybridized carbons (Fsp3) is 0.176. The lowest BCUT2D eigenvalue weighted by atomic mass is 10.2. The molecule has 0 fully saturated rings. The second-order valence-corrected chi connectivity index (χ2v) is 5.24. The van der Waals surface area contributed by atoms with Crippen LogP contribution in [0, 0.1) is 11.3 Å². The molecule has 5 heteroatoms. The van der Waals surface area contributed by atoms with E-state index in [1.807, 2.05) is 60.5 Å². The molecule has 0 aromatic heterocycles. The molecule has 0 aliphatic carbocycles. The maximum absolute atomic E-state index is 8.61. The normalized spacial score (nSPS) is 10.4. The number of hydrogen-bond donors (Lipinski definition) is 1. The summed E-state index contributed by atoms with van der Waals surface area (Å²) in [6.45, 7) is 0.722. The zero-order valence-corrected chi connectivity index (χ0v) is 13.1. The molecule has 0 unspecified atom stereocenters. The first-order chi connectivity index (χ1) is 10.7. The van der Waals surface area contributed by atoms with Crippen molar-refractivity contribution in [3.63, 3.8) is 0 Å². The first-order valence-electron chi connectivity index (χ1n) is 6.92. The van der Waals surface area contributed by atoms with E-state index >= 15 is 0 Å². The maximum Gasteiger partial charge on any atom is 0.0640 e. The van der Waals surface area contributed by atoms with E-state index in [0.717, 1.165) is 23.5 Å². The Morgan fingerprint density at radius 3 is 2.73 bits per heavy atom.